The molecule has 2 rings (SSSR count). The SMILES string of the molecule is Cc1nnsc1C(=O)Nc1ccc(CC(C)C(=O)O)cc1. The Labute approximate surface area is 126 Å². The monoisotopic (exact) mass is 305 g/mol. The summed E-state index contributed by atoms with van der Waals surface area (Å²) in [6, 6.07) is 7.14. The standard InChI is InChI=1S/C14H15N3O3S/c1-8(14(19)20)7-10-3-5-11(6-4-10)15-13(18)12-9(2)16-17-21-12/h3-6,8H,7H2,1-2H3,(H,15,18)(H,19,20). The fourth-order valence-electron chi connectivity index (χ4n) is 1.79. The van der Waals surface area contributed by atoms with E-state index in [0.717, 1.165) is 17.1 Å². The second-order valence-corrected chi connectivity index (χ2v) is 5.54. The minimum Gasteiger partial charge on any atom is -0.481 e. The van der Waals surface area contributed by atoms with Crippen molar-refractivity contribution in [2.24, 2.45) is 5.92 Å². The third-order valence-corrected chi connectivity index (χ3v) is 3.86. The highest BCUT2D eigenvalue weighted by Gasteiger charge is 2.14. The van der Waals surface area contributed by atoms with Crippen molar-refractivity contribution in [1.82, 2.24) is 9.59 Å². The van der Waals surface area contributed by atoms with Crippen LogP contribution in [0.1, 0.15) is 27.9 Å². The zero-order valence-electron chi connectivity index (χ0n) is 11.7. The number of aryl methyl sites for hydroxylation is 1. The summed E-state index contributed by atoms with van der Waals surface area (Å²) in [4.78, 5) is 23.3. The van der Waals surface area contributed by atoms with Gasteiger partial charge >= 0.3 is 5.97 Å². The first kappa shape index (κ1) is 15.1. The molecule has 110 valence electrons. The van der Waals surface area contributed by atoms with Crippen molar-refractivity contribution < 1.29 is 14.7 Å². The lowest BCUT2D eigenvalue weighted by Crippen LogP contribution is -2.13. The van der Waals surface area contributed by atoms with Crippen molar-refractivity contribution in [2.75, 3.05) is 5.32 Å². The first-order valence-corrected chi connectivity index (χ1v) is 7.16. The highest BCUT2D eigenvalue weighted by Crippen LogP contribution is 2.16. The maximum atomic E-state index is 12.0. The van der Waals surface area contributed by atoms with E-state index >= 15 is 0 Å². The average molecular weight is 305 g/mol. The highest BCUT2D eigenvalue weighted by atomic mass is 32.1. The fraction of sp³-hybridized carbons (Fsp3) is 0.286. The Morgan fingerprint density at radius 1 is 1.33 bits per heavy atom. The number of carbonyl (C=O) groups is 2. The van der Waals surface area contributed by atoms with Gasteiger partial charge < -0.3 is 10.4 Å². The molecule has 21 heavy (non-hydrogen) atoms. The minimum atomic E-state index is -0.819. The summed E-state index contributed by atoms with van der Waals surface area (Å²) in [6.45, 7) is 3.40. The van der Waals surface area contributed by atoms with Crippen LogP contribution >= 0.6 is 11.5 Å². The number of carboxylic acids is 1. The predicted molar refractivity (Wildman–Crippen MR) is 79.5 cm³/mol. The number of hydrogen-bond donors (Lipinski definition) is 2. The Morgan fingerprint density at radius 2 is 2.00 bits per heavy atom. The third-order valence-electron chi connectivity index (χ3n) is 3.03. The summed E-state index contributed by atoms with van der Waals surface area (Å²) >= 11 is 1.05. The summed E-state index contributed by atoms with van der Waals surface area (Å²) in [5, 5.41) is 15.4. The molecule has 0 aliphatic carbocycles. The molecule has 0 spiro atoms. The molecule has 1 amide bonds. The van der Waals surface area contributed by atoms with Gasteiger partial charge in [0.05, 0.1) is 11.6 Å². The van der Waals surface area contributed by atoms with E-state index in [1.54, 1.807) is 26.0 Å². The molecule has 0 saturated carbocycles. The lowest BCUT2D eigenvalue weighted by atomic mass is 10.0. The van der Waals surface area contributed by atoms with Crippen LogP contribution in [0.4, 0.5) is 5.69 Å². The van der Waals surface area contributed by atoms with E-state index in [1.165, 1.54) is 0 Å². The van der Waals surface area contributed by atoms with Crippen LogP contribution in [0.25, 0.3) is 0 Å². The Balaban J connectivity index is 2.01. The van der Waals surface area contributed by atoms with E-state index in [0.29, 0.717) is 22.7 Å². The second kappa shape index (κ2) is 6.45. The van der Waals surface area contributed by atoms with E-state index in [4.69, 9.17) is 5.11 Å². The number of carboxylic acid groups (broad SMARTS) is 1. The number of carbonyl (C=O) groups excluding carboxylic acids is 1. The number of aliphatic carboxylic acids is 1. The van der Waals surface area contributed by atoms with Crippen molar-refractivity contribution in [3.05, 3.63) is 40.4 Å². The molecule has 7 heteroatoms. The lowest BCUT2D eigenvalue weighted by molar-refractivity contribution is -0.141. The lowest BCUT2D eigenvalue weighted by Gasteiger charge is -2.08. The van der Waals surface area contributed by atoms with E-state index in [1.807, 2.05) is 12.1 Å². The molecule has 0 fully saturated rings. The van der Waals surface area contributed by atoms with Gasteiger partial charge in [0.15, 0.2) is 0 Å². The largest absolute Gasteiger partial charge is 0.481 e. The fourth-order valence-corrected chi connectivity index (χ4v) is 2.34. The molecule has 1 aromatic carbocycles. The van der Waals surface area contributed by atoms with Crippen LogP contribution in [0.15, 0.2) is 24.3 Å². The average Bonchev–Trinajstić information content (AvgIpc) is 2.87. The molecule has 2 N–H and O–H groups in total. The van der Waals surface area contributed by atoms with Crippen LogP contribution in [0.2, 0.25) is 0 Å². The normalized spacial score (nSPS) is 11.9. The molecule has 0 aliphatic rings. The first-order chi connectivity index (χ1) is 9.97. The molecule has 1 unspecified atom stereocenters. The van der Waals surface area contributed by atoms with Crippen molar-refractivity contribution >= 4 is 29.1 Å². The van der Waals surface area contributed by atoms with E-state index in [-0.39, 0.29) is 5.91 Å². The van der Waals surface area contributed by atoms with Crippen LogP contribution in [0.5, 0.6) is 0 Å². The van der Waals surface area contributed by atoms with Crippen LogP contribution in [-0.4, -0.2) is 26.6 Å². The number of benzene rings is 1. The number of nitrogens with zero attached hydrogens (tertiary/aromatic N) is 2. The summed E-state index contributed by atoms with van der Waals surface area (Å²) in [5.74, 6) is -1.49. The Kier molecular flexibility index (Phi) is 4.64. The molecule has 1 heterocycles. The molecule has 1 aromatic heterocycles. The van der Waals surface area contributed by atoms with Crippen molar-refractivity contribution in [2.45, 2.75) is 20.3 Å². The van der Waals surface area contributed by atoms with Gasteiger partial charge in [0.25, 0.3) is 5.91 Å². The quantitative estimate of drug-likeness (QED) is 0.884. The topological polar surface area (TPSA) is 92.2 Å². The molecule has 0 bridgehead atoms. The predicted octanol–water partition coefficient (Wildman–Crippen LogP) is 2.36. The summed E-state index contributed by atoms with van der Waals surface area (Å²) in [6.07, 6.45) is 0.460. The number of nitrogens with one attached hydrogen (secondary N) is 1. The number of amides is 1. The van der Waals surface area contributed by atoms with Gasteiger partial charge in [-0.3, -0.25) is 9.59 Å². The van der Waals surface area contributed by atoms with E-state index < -0.39 is 11.9 Å². The smallest absolute Gasteiger partial charge is 0.306 e. The highest BCUT2D eigenvalue weighted by molar-refractivity contribution is 7.08. The maximum Gasteiger partial charge on any atom is 0.306 e. The van der Waals surface area contributed by atoms with E-state index in [2.05, 4.69) is 14.9 Å². The van der Waals surface area contributed by atoms with Gasteiger partial charge in [0.1, 0.15) is 4.88 Å². The van der Waals surface area contributed by atoms with Crippen LogP contribution in [0.3, 0.4) is 0 Å². The molecule has 6 nitrogen and oxygen atoms in total. The van der Waals surface area contributed by atoms with Crippen molar-refractivity contribution in [1.29, 1.82) is 0 Å². The summed E-state index contributed by atoms with van der Waals surface area (Å²) in [5.41, 5.74) is 2.17. The van der Waals surface area contributed by atoms with E-state index in [9.17, 15) is 9.59 Å². The zero-order valence-corrected chi connectivity index (χ0v) is 12.5. The number of aromatic nitrogens is 2. The van der Waals surface area contributed by atoms with Gasteiger partial charge in [0.2, 0.25) is 0 Å². The molecular formula is C14H15N3O3S. The van der Waals surface area contributed by atoms with Gasteiger partial charge in [-0.1, -0.05) is 23.5 Å². The van der Waals surface area contributed by atoms with Crippen LogP contribution in [-0.2, 0) is 11.2 Å². The molecule has 0 radical (unpaired) electrons. The first-order valence-electron chi connectivity index (χ1n) is 6.39. The molecule has 0 aliphatic heterocycles. The molecule has 0 saturated heterocycles. The number of rotatable bonds is 5. The van der Waals surface area contributed by atoms with Gasteiger partial charge in [-0.05, 0) is 42.6 Å². The number of hydrogen-bond acceptors (Lipinski definition) is 5. The summed E-state index contributed by atoms with van der Waals surface area (Å²) < 4.78 is 3.72. The van der Waals surface area contributed by atoms with Gasteiger partial charge in [0, 0.05) is 5.69 Å². The zero-order chi connectivity index (χ0) is 15.4. The van der Waals surface area contributed by atoms with Crippen LogP contribution in [0, 0.1) is 12.8 Å². The molecule has 2 aromatic rings. The Bertz CT molecular complexity index is 652. The van der Waals surface area contributed by atoms with Crippen molar-refractivity contribution in [3.8, 4) is 0 Å². The van der Waals surface area contributed by atoms with Gasteiger partial charge in [-0.2, -0.15) is 0 Å². The Morgan fingerprint density at radius 3 is 2.52 bits per heavy atom. The molecule has 1 atom stereocenters. The minimum absolute atomic E-state index is 0.242. The van der Waals surface area contributed by atoms with Gasteiger partial charge in [-0.25, -0.2) is 0 Å². The summed E-state index contributed by atoms with van der Waals surface area (Å²) in [7, 11) is 0. The number of anilines is 1. The van der Waals surface area contributed by atoms with Crippen LogP contribution < -0.4 is 5.32 Å². The van der Waals surface area contributed by atoms with Crippen molar-refractivity contribution in [3.63, 3.8) is 0 Å². The second-order valence-electron chi connectivity index (χ2n) is 4.78. The maximum absolute atomic E-state index is 12.0. The third kappa shape index (κ3) is 3.85. The Hall–Kier alpha value is -2.28. The molecular weight excluding hydrogens is 290 g/mol. The van der Waals surface area contributed by atoms with Gasteiger partial charge in [-0.15, -0.1) is 5.10 Å².